The summed E-state index contributed by atoms with van der Waals surface area (Å²) in [4.78, 5) is 23.8. The molecule has 4 aliphatic rings. The highest BCUT2D eigenvalue weighted by atomic mass is 32.2. The summed E-state index contributed by atoms with van der Waals surface area (Å²) in [6.45, 7) is 5.81. The van der Waals surface area contributed by atoms with Crippen molar-refractivity contribution in [2.45, 2.75) is 112 Å². The number of fused-ring (bicyclic) bond motifs is 4. The first-order chi connectivity index (χ1) is 31.9. The lowest BCUT2D eigenvalue weighted by atomic mass is 9.87. The van der Waals surface area contributed by atoms with Gasteiger partial charge in [0, 0.05) is 55.2 Å². The van der Waals surface area contributed by atoms with E-state index < -0.39 is 10.0 Å². The molecule has 0 fully saturated rings. The van der Waals surface area contributed by atoms with Crippen LogP contribution in [0.4, 0.5) is 0 Å². The minimum Gasteiger partial charge on any atom is -0.330 e. The van der Waals surface area contributed by atoms with Crippen molar-refractivity contribution in [2.75, 3.05) is 26.2 Å². The highest BCUT2D eigenvalue weighted by molar-refractivity contribution is 7.97. The fourth-order valence-electron chi connectivity index (χ4n) is 10.2. The molecule has 2 aliphatic heterocycles. The van der Waals surface area contributed by atoms with Gasteiger partial charge in [-0.05, 0) is 171 Å². The Balaban J connectivity index is 0.772. The maximum absolute atomic E-state index is 13.6. The second-order valence-corrected chi connectivity index (χ2v) is 21.1. The quantitative estimate of drug-likeness (QED) is 0.0759. The van der Waals surface area contributed by atoms with Crippen LogP contribution in [-0.2, 0) is 61.9 Å². The van der Waals surface area contributed by atoms with Crippen LogP contribution in [-0.4, -0.2) is 68.0 Å². The van der Waals surface area contributed by atoms with E-state index in [0.717, 1.165) is 118 Å². The van der Waals surface area contributed by atoms with Gasteiger partial charge in [-0.2, -0.15) is 4.31 Å². The molecule has 0 amide bonds. The number of nitrogens with two attached hydrogens (primary N) is 1. The van der Waals surface area contributed by atoms with Crippen LogP contribution < -0.4 is 11.1 Å². The molecule has 2 atom stereocenters. The summed E-state index contributed by atoms with van der Waals surface area (Å²) in [6, 6.07) is 31.8. The molecular weight excluding hydrogens is 847 g/mol. The first-order valence-corrected chi connectivity index (χ1v) is 25.7. The average molecular weight is 906 g/mol. The largest absolute Gasteiger partial charge is 0.330 e. The normalized spacial score (nSPS) is 18.7. The van der Waals surface area contributed by atoms with Gasteiger partial charge in [-0.25, -0.2) is 12.7 Å². The number of benzene rings is 2. The van der Waals surface area contributed by atoms with Crippen LogP contribution in [0.25, 0.3) is 11.3 Å². The van der Waals surface area contributed by atoms with E-state index in [-0.39, 0.29) is 6.04 Å². The van der Waals surface area contributed by atoms with Gasteiger partial charge in [0.1, 0.15) is 0 Å². The van der Waals surface area contributed by atoms with E-state index >= 15 is 0 Å². The Morgan fingerprint density at radius 2 is 1.49 bits per heavy atom. The van der Waals surface area contributed by atoms with Crippen molar-refractivity contribution in [1.82, 2.24) is 38.8 Å². The highest BCUT2D eigenvalue weighted by Crippen LogP contribution is 2.38. The summed E-state index contributed by atoms with van der Waals surface area (Å²) in [7, 11) is -3.62. The third kappa shape index (κ3) is 9.83. The molecule has 2 unspecified atom stereocenters. The Bertz CT molecular complexity index is 2720. The number of rotatable bonds is 15. The SMILES string of the molecule is NCCCCN(Cc1ccc(SN2CCc3ccc(-c4ccnc5c4CCCC5NCc4ccc(S(=O)(=O)N5CCc6cccnc6C5)cc4)nc3C2)cc1)C1CCCc2cccnc21. The number of pyridine rings is 4. The molecule has 4 aromatic heterocycles. The molecule has 13 heteroatoms. The van der Waals surface area contributed by atoms with Crippen molar-refractivity contribution in [3.63, 3.8) is 0 Å². The van der Waals surface area contributed by atoms with Crippen LogP contribution in [0.2, 0.25) is 0 Å². The number of aryl methyl sites for hydroxylation is 1. The van der Waals surface area contributed by atoms with Gasteiger partial charge in [-0.3, -0.25) is 24.8 Å². The molecule has 65 heavy (non-hydrogen) atoms. The summed E-state index contributed by atoms with van der Waals surface area (Å²) in [5.41, 5.74) is 19.9. The second kappa shape index (κ2) is 19.9. The molecule has 0 bridgehead atoms. The summed E-state index contributed by atoms with van der Waals surface area (Å²) in [5.74, 6) is 0. The standard InChI is InChI=1S/C52H59N9O2S2/c53-26-1-2-30-59(50-12-3-7-41-9-6-28-55-51(41)50)34-38-13-18-42(19-14-38)64-60-31-24-40-17-22-46(58-49(40)35-60)44-23-29-56-52-45(44)10-4-11-47(52)57-33-37-15-20-43(21-16-37)65(62,63)61-32-25-39-8-5-27-54-48(39)36-61/h5-6,8-9,13-23,27-29,47,50,57H,1-4,7,10-12,24-26,30-36,53H2. The zero-order valence-corrected chi connectivity index (χ0v) is 38.7. The zero-order valence-electron chi connectivity index (χ0n) is 37.1. The predicted molar refractivity (Wildman–Crippen MR) is 257 cm³/mol. The zero-order chi connectivity index (χ0) is 44.2. The van der Waals surface area contributed by atoms with E-state index in [1.165, 1.54) is 44.8 Å². The summed E-state index contributed by atoms with van der Waals surface area (Å²) in [5, 5.41) is 3.76. The average Bonchev–Trinajstić information content (AvgIpc) is 3.35. The summed E-state index contributed by atoms with van der Waals surface area (Å²) < 4.78 is 31.1. The lowest BCUT2D eigenvalue weighted by Crippen LogP contribution is -2.36. The van der Waals surface area contributed by atoms with Gasteiger partial charge in [0.05, 0.1) is 58.5 Å². The number of nitrogens with one attached hydrogen (secondary N) is 1. The van der Waals surface area contributed by atoms with E-state index in [9.17, 15) is 8.42 Å². The number of hydrogen-bond acceptors (Lipinski definition) is 11. The van der Waals surface area contributed by atoms with Crippen molar-refractivity contribution < 1.29 is 8.42 Å². The van der Waals surface area contributed by atoms with Gasteiger partial charge in [0.15, 0.2) is 0 Å². The molecule has 11 nitrogen and oxygen atoms in total. The third-order valence-electron chi connectivity index (χ3n) is 13.7. The van der Waals surface area contributed by atoms with Crippen molar-refractivity contribution in [3.8, 4) is 11.3 Å². The van der Waals surface area contributed by atoms with E-state index in [2.05, 4.69) is 74.1 Å². The molecule has 6 aromatic rings. The molecule has 336 valence electrons. The molecule has 0 spiro atoms. The van der Waals surface area contributed by atoms with Crippen molar-refractivity contribution in [2.24, 2.45) is 5.73 Å². The Hall–Kier alpha value is -4.86. The number of aromatic nitrogens is 4. The lowest BCUT2D eigenvalue weighted by Gasteiger charge is -2.35. The Morgan fingerprint density at radius 3 is 2.35 bits per heavy atom. The molecule has 3 N–H and O–H groups in total. The van der Waals surface area contributed by atoms with E-state index in [1.54, 1.807) is 22.6 Å². The first-order valence-electron chi connectivity index (χ1n) is 23.5. The van der Waals surface area contributed by atoms with Crippen LogP contribution in [0, 0.1) is 0 Å². The van der Waals surface area contributed by atoms with Crippen molar-refractivity contribution in [3.05, 3.63) is 166 Å². The monoisotopic (exact) mass is 905 g/mol. The Kier molecular flexibility index (Phi) is 13.5. The maximum Gasteiger partial charge on any atom is 0.243 e. The van der Waals surface area contributed by atoms with Gasteiger partial charge in [-0.15, -0.1) is 0 Å². The molecule has 10 rings (SSSR count). The van der Waals surface area contributed by atoms with Gasteiger partial charge in [0.2, 0.25) is 10.0 Å². The number of unbranched alkanes of at least 4 members (excludes halogenated alkanes) is 1. The summed E-state index contributed by atoms with van der Waals surface area (Å²) >= 11 is 1.83. The minimum atomic E-state index is -3.62. The van der Waals surface area contributed by atoms with Crippen LogP contribution in [0.5, 0.6) is 0 Å². The highest BCUT2D eigenvalue weighted by Gasteiger charge is 2.31. The number of nitrogens with zero attached hydrogens (tertiary/aromatic N) is 7. The minimum absolute atomic E-state index is 0.0964. The Morgan fingerprint density at radius 1 is 0.723 bits per heavy atom. The Labute approximate surface area is 388 Å². The molecule has 0 saturated carbocycles. The number of hydrogen-bond donors (Lipinski definition) is 2. The predicted octanol–water partition coefficient (Wildman–Crippen LogP) is 8.53. The molecule has 6 heterocycles. The molecule has 2 aromatic carbocycles. The third-order valence-corrected chi connectivity index (χ3v) is 16.7. The molecule has 2 aliphatic carbocycles. The molecular formula is C52H59N9O2S2. The fraction of sp³-hybridized carbons (Fsp3) is 0.385. The van der Waals surface area contributed by atoms with Crippen LogP contribution in [0.15, 0.2) is 119 Å². The van der Waals surface area contributed by atoms with Gasteiger partial charge in [0.25, 0.3) is 0 Å². The van der Waals surface area contributed by atoms with Crippen LogP contribution >= 0.6 is 11.9 Å². The van der Waals surface area contributed by atoms with Crippen LogP contribution in [0.3, 0.4) is 0 Å². The smallest absolute Gasteiger partial charge is 0.243 e. The van der Waals surface area contributed by atoms with E-state index in [4.69, 9.17) is 20.7 Å². The van der Waals surface area contributed by atoms with Gasteiger partial charge >= 0.3 is 0 Å². The van der Waals surface area contributed by atoms with Gasteiger partial charge in [-0.1, -0.05) is 42.5 Å². The van der Waals surface area contributed by atoms with Crippen molar-refractivity contribution >= 4 is 22.0 Å². The second-order valence-electron chi connectivity index (χ2n) is 18.0. The van der Waals surface area contributed by atoms with E-state index in [1.807, 2.05) is 48.6 Å². The fourth-order valence-corrected chi connectivity index (χ4v) is 12.6. The maximum atomic E-state index is 13.6. The lowest BCUT2D eigenvalue weighted by molar-refractivity contribution is 0.163. The van der Waals surface area contributed by atoms with E-state index in [0.29, 0.717) is 37.0 Å². The molecule has 0 saturated heterocycles. The van der Waals surface area contributed by atoms with Gasteiger partial charge < -0.3 is 11.1 Å². The topological polar surface area (TPSA) is 133 Å². The first kappa shape index (κ1) is 44.0. The molecule has 0 radical (unpaired) electrons. The number of sulfonamides is 1. The summed E-state index contributed by atoms with van der Waals surface area (Å²) in [6.07, 6.45) is 15.9. The van der Waals surface area contributed by atoms with Crippen LogP contribution in [0.1, 0.15) is 107 Å². The van der Waals surface area contributed by atoms with Crippen molar-refractivity contribution in [1.29, 1.82) is 0 Å².